The largest absolute Gasteiger partial charge is 0.292 e. The van der Waals surface area contributed by atoms with Gasteiger partial charge >= 0.3 is 0 Å². The smallest absolute Gasteiger partial charge is 0.267 e. The highest BCUT2D eigenvalue weighted by Crippen LogP contribution is 2.13. The maximum atomic E-state index is 12.5. The molecule has 1 N–H and O–H groups in total. The number of hydrazone groups is 1. The molecule has 0 saturated carbocycles. The van der Waals surface area contributed by atoms with E-state index in [0.29, 0.717) is 10.8 Å². The first-order chi connectivity index (χ1) is 12.0. The molecule has 3 aromatic rings. The molecule has 0 atom stereocenters. The fourth-order valence-corrected chi connectivity index (χ4v) is 2.58. The van der Waals surface area contributed by atoms with Gasteiger partial charge in [0.15, 0.2) is 5.69 Å². The van der Waals surface area contributed by atoms with Crippen LogP contribution in [0.1, 0.15) is 27.2 Å². The lowest BCUT2D eigenvalue weighted by molar-refractivity contribution is 0.0950. The van der Waals surface area contributed by atoms with Crippen LogP contribution in [0.5, 0.6) is 0 Å². The lowest BCUT2D eigenvalue weighted by Crippen LogP contribution is -2.27. The minimum Gasteiger partial charge on any atom is -0.267 e. The van der Waals surface area contributed by atoms with Gasteiger partial charge in [-0.1, -0.05) is 42.0 Å². The van der Waals surface area contributed by atoms with Crippen molar-refractivity contribution in [1.29, 1.82) is 0 Å². The van der Waals surface area contributed by atoms with E-state index >= 15 is 0 Å². The second-order valence-corrected chi connectivity index (χ2v) is 5.88. The van der Waals surface area contributed by atoms with E-state index in [2.05, 4.69) is 15.6 Å². The van der Waals surface area contributed by atoms with Crippen molar-refractivity contribution in [3.63, 3.8) is 0 Å². The van der Waals surface area contributed by atoms with Crippen molar-refractivity contribution in [3.05, 3.63) is 75.2 Å². The molecule has 0 aliphatic heterocycles. The summed E-state index contributed by atoms with van der Waals surface area (Å²) in [5, 5.41) is 9.06. The minimum atomic E-state index is -0.464. The number of aromatic nitrogens is 2. The summed E-state index contributed by atoms with van der Waals surface area (Å²) < 4.78 is 1.16. The highest BCUT2D eigenvalue weighted by atomic mass is 16.2. The van der Waals surface area contributed by atoms with E-state index < -0.39 is 5.91 Å². The molecular weight excluding hydrogens is 316 g/mol. The number of benzene rings is 2. The first-order valence-electron chi connectivity index (χ1n) is 7.84. The lowest BCUT2D eigenvalue weighted by atomic mass is 10.1. The van der Waals surface area contributed by atoms with Gasteiger partial charge in [0, 0.05) is 12.4 Å². The molecule has 6 nitrogen and oxygen atoms in total. The summed E-state index contributed by atoms with van der Waals surface area (Å²) in [7, 11) is 1.52. The van der Waals surface area contributed by atoms with Crippen molar-refractivity contribution >= 4 is 22.9 Å². The number of carbonyl (C=O) groups excluding carboxylic acids is 1. The maximum absolute atomic E-state index is 12.5. The third kappa shape index (κ3) is 3.33. The quantitative estimate of drug-likeness (QED) is 0.590. The second kappa shape index (κ2) is 6.68. The van der Waals surface area contributed by atoms with Gasteiger partial charge in [-0.2, -0.15) is 10.2 Å². The summed E-state index contributed by atoms with van der Waals surface area (Å²) in [5.74, 6) is -0.464. The third-order valence-electron chi connectivity index (χ3n) is 3.98. The average Bonchev–Trinajstić information content (AvgIpc) is 2.61. The van der Waals surface area contributed by atoms with Crippen LogP contribution in [0.2, 0.25) is 0 Å². The predicted octanol–water partition coefficient (Wildman–Crippen LogP) is 2.31. The average molecular weight is 334 g/mol. The van der Waals surface area contributed by atoms with E-state index in [1.165, 1.54) is 7.05 Å². The van der Waals surface area contributed by atoms with E-state index in [0.717, 1.165) is 21.4 Å². The first kappa shape index (κ1) is 16.6. The van der Waals surface area contributed by atoms with Gasteiger partial charge in [0.1, 0.15) is 0 Å². The molecule has 0 radical (unpaired) electrons. The lowest BCUT2D eigenvalue weighted by Gasteiger charge is -2.06. The molecule has 0 unspecified atom stereocenters. The molecule has 0 bridgehead atoms. The number of nitrogens with zero attached hydrogens (tertiary/aromatic N) is 3. The Bertz CT molecular complexity index is 1050. The van der Waals surface area contributed by atoms with Crippen molar-refractivity contribution in [3.8, 4) is 0 Å². The molecule has 0 aliphatic carbocycles. The predicted molar refractivity (Wildman–Crippen MR) is 98.0 cm³/mol. The summed E-state index contributed by atoms with van der Waals surface area (Å²) >= 11 is 0. The van der Waals surface area contributed by atoms with Gasteiger partial charge in [0.25, 0.3) is 11.5 Å². The number of hydrogen-bond acceptors (Lipinski definition) is 4. The number of hydrogen-bond donors (Lipinski definition) is 1. The van der Waals surface area contributed by atoms with Gasteiger partial charge in [-0.25, -0.2) is 10.1 Å². The van der Waals surface area contributed by atoms with Crippen LogP contribution in [0.15, 0.2) is 52.4 Å². The summed E-state index contributed by atoms with van der Waals surface area (Å²) in [4.78, 5) is 24.6. The molecule has 25 heavy (non-hydrogen) atoms. The van der Waals surface area contributed by atoms with E-state index in [4.69, 9.17) is 0 Å². The topological polar surface area (TPSA) is 76.3 Å². The van der Waals surface area contributed by atoms with E-state index in [1.807, 2.05) is 32.0 Å². The molecule has 0 saturated heterocycles. The fraction of sp³-hybridized carbons (Fsp3) is 0.158. The Kier molecular flexibility index (Phi) is 4.43. The molecule has 1 amide bonds. The summed E-state index contributed by atoms with van der Waals surface area (Å²) in [5.41, 5.74) is 5.51. The molecule has 3 rings (SSSR count). The Labute approximate surface area is 144 Å². The van der Waals surface area contributed by atoms with Gasteiger partial charge in [0.05, 0.1) is 11.6 Å². The van der Waals surface area contributed by atoms with Gasteiger partial charge in [0.2, 0.25) is 0 Å². The third-order valence-corrected chi connectivity index (χ3v) is 3.98. The number of aryl methyl sites for hydroxylation is 3. The van der Waals surface area contributed by atoms with Crippen LogP contribution in [0.4, 0.5) is 0 Å². The monoisotopic (exact) mass is 334 g/mol. The van der Waals surface area contributed by atoms with Crippen LogP contribution < -0.4 is 11.0 Å². The zero-order chi connectivity index (χ0) is 18.0. The first-order valence-corrected chi connectivity index (χ1v) is 7.84. The number of carbonyl (C=O) groups is 1. The SMILES string of the molecule is Cc1ccc(C)c(/C=N\NC(=O)c2nn(C)c(=O)c3ccccc23)c1. The van der Waals surface area contributed by atoms with Gasteiger partial charge in [-0.3, -0.25) is 9.59 Å². The standard InChI is InChI=1S/C19H18N4O2/c1-12-8-9-13(2)14(10-12)11-20-21-18(24)17-15-6-4-5-7-16(15)19(25)23(3)22-17/h4-11H,1-3H3,(H,21,24)/b20-11-. The minimum absolute atomic E-state index is 0.163. The van der Waals surface area contributed by atoms with Crippen LogP contribution in [-0.4, -0.2) is 21.9 Å². The molecule has 6 heteroatoms. The molecule has 0 spiro atoms. The van der Waals surface area contributed by atoms with Crippen molar-refractivity contribution < 1.29 is 4.79 Å². The molecule has 0 fully saturated rings. The van der Waals surface area contributed by atoms with Gasteiger partial charge < -0.3 is 0 Å². The van der Waals surface area contributed by atoms with E-state index in [1.54, 1.807) is 30.5 Å². The van der Waals surface area contributed by atoms with Crippen LogP contribution in [-0.2, 0) is 7.05 Å². The summed E-state index contributed by atoms with van der Waals surface area (Å²) in [6.07, 6.45) is 1.60. The zero-order valence-corrected chi connectivity index (χ0v) is 14.3. The molecule has 1 heterocycles. The summed E-state index contributed by atoms with van der Waals surface area (Å²) in [6, 6.07) is 12.9. The van der Waals surface area contributed by atoms with Crippen LogP contribution in [0, 0.1) is 13.8 Å². The van der Waals surface area contributed by atoms with Crippen LogP contribution in [0.3, 0.4) is 0 Å². The summed E-state index contributed by atoms with van der Waals surface area (Å²) in [6.45, 7) is 3.97. The normalized spacial score (nSPS) is 11.2. The van der Waals surface area contributed by atoms with Crippen LogP contribution >= 0.6 is 0 Å². The zero-order valence-electron chi connectivity index (χ0n) is 14.3. The van der Waals surface area contributed by atoms with E-state index in [-0.39, 0.29) is 11.3 Å². The van der Waals surface area contributed by atoms with E-state index in [9.17, 15) is 9.59 Å². The van der Waals surface area contributed by atoms with Crippen molar-refractivity contribution in [2.24, 2.45) is 12.1 Å². The number of rotatable bonds is 3. The Morgan fingerprint density at radius 2 is 1.88 bits per heavy atom. The number of nitrogens with one attached hydrogen (secondary N) is 1. The van der Waals surface area contributed by atoms with Crippen molar-refractivity contribution in [2.45, 2.75) is 13.8 Å². The molecule has 126 valence electrons. The fourth-order valence-electron chi connectivity index (χ4n) is 2.58. The second-order valence-electron chi connectivity index (χ2n) is 5.88. The Balaban J connectivity index is 1.91. The van der Waals surface area contributed by atoms with Crippen molar-refractivity contribution in [2.75, 3.05) is 0 Å². The van der Waals surface area contributed by atoms with Crippen molar-refractivity contribution in [1.82, 2.24) is 15.2 Å². The Morgan fingerprint density at radius 3 is 2.64 bits per heavy atom. The molecule has 0 aliphatic rings. The van der Waals surface area contributed by atoms with Gasteiger partial charge in [-0.05, 0) is 31.0 Å². The number of fused-ring (bicyclic) bond motifs is 1. The molecule has 2 aromatic carbocycles. The molecular formula is C19H18N4O2. The van der Waals surface area contributed by atoms with Gasteiger partial charge in [-0.15, -0.1) is 0 Å². The Morgan fingerprint density at radius 1 is 1.16 bits per heavy atom. The Hall–Kier alpha value is -3.28. The molecule has 1 aromatic heterocycles. The highest BCUT2D eigenvalue weighted by molar-refractivity contribution is 6.04. The number of amides is 1. The highest BCUT2D eigenvalue weighted by Gasteiger charge is 2.14. The maximum Gasteiger partial charge on any atom is 0.292 e. The van der Waals surface area contributed by atoms with Crippen LogP contribution in [0.25, 0.3) is 10.8 Å².